The first-order valence-corrected chi connectivity index (χ1v) is 13.0. The SMILES string of the molecule is CC(C)C[C@H](NC(=O)[C@H](CCCN=C(N)N)NC(=O)[C@H](CC(=O)O)NC(=O)CNC(=O)[C@@H](N)CC(C)C)C(=O)O. The summed E-state index contributed by atoms with van der Waals surface area (Å²) >= 11 is 0. The van der Waals surface area contributed by atoms with Crippen LogP contribution in [0.2, 0.25) is 0 Å². The lowest BCUT2D eigenvalue weighted by Crippen LogP contribution is -2.57. The van der Waals surface area contributed by atoms with E-state index in [4.69, 9.17) is 17.2 Å². The number of amides is 4. The number of guanidine groups is 1. The Labute approximate surface area is 233 Å². The maximum atomic E-state index is 13.0. The van der Waals surface area contributed by atoms with E-state index in [1.165, 1.54) is 0 Å². The second-order valence-electron chi connectivity index (χ2n) is 10.2. The fourth-order valence-corrected chi connectivity index (χ4v) is 3.55. The third-order valence-corrected chi connectivity index (χ3v) is 5.42. The first-order valence-electron chi connectivity index (χ1n) is 13.0. The minimum absolute atomic E-state index is 0.0279. The Bertz CT molecular complexity index is 921. The van der Waals surface area contributed by atoms with Crippen molar-refractivity contribution in [3.05, 3.63) is 0 Å². The number of aliphatic imine (C=N–C) groups is 1. The topological polar surface area (TPSA) is 281 Å². The van der Waals surface area contributed by atoms with E-state index in [9.17, 15) is 39.0 Å². The van der Waals surface area contributed by atoms with Crippen LogP contribution in [0.4, 0.5) is 0 Å². The lowest BCUT2D eigenvalue weighted by Gasteiger charge is -2.24. The van der Waals surface area contributed by atoms with Gasteiger partial charge in [-0.1, -0.05) is 27.7 Å². The molecule has 40 heavy (non-hydrogen) atoms. The van der Waals surface area contributed by atoms with Crippen LogP contribution in [0.1, 0.15) is 59.8 Å². The molecule has 0 aromatic carbocycles. The Balaban J connectivity index is 5.56. The second-order valence-corrected chi connectivity index (χ2v) is 10.2. The molecule has 0 unspecified atom stereocenters. The predicted molar refractivity (Wildman–Crippen MR) is 145 cm³/mol. The van der Waals surface area contributed by atoms with Gasteiger partial charge in [-0.25, -0.2) is 4.79 Å². The van der Waals surface area contributed by atoms with Crippen LogP contribution in [0.3, 0.4) is 0 Å². The number of nitrogens with two attached hydrogens (primary N) is 3. The Hall–Kier alpha value is -3.95. The molecule has 4 atom stereocenters. The molecule has 0 fully saturated rings. The van der Waals surface area contributed by atoms with Crippen molar-refractivity contribution in [3.8, 4) is 0 Å². The Kier molecular flexibility index (Phi) is 16.5. The van der Waals surface area contributed by atoms with Crippen LogP contribution in [-0.4, -0.2) is 89.0 Å². The summed E-state index contributed by atoms with van der Waals surface area (Å²) in [6.45, 7) is 6.83. The van der Waals surface area contributed by atoms with Gasteiger partial charge in [-0.2, -0.15) is 0 Å². The maximum absolute atomic E-state index is 13.0. The molecule has 0 aromatic heterocycles. The summed E-state index contributed by atoms with van der Waals surface area (Å²) in [5.41, 5.74) is 16.4. The van der Waals surface area contributed by atoms with E-state index in [2.05, 4.69) is 26.3 Å². The number of hydrogen-bond acceptors (Lipinski definition) is 8. The lowest BCUT2D eigenvalue weighted by atomic mass is 10.0. The molecule has 0 saturated heterocycles. The fraction of sp³-hybridized carbons (Fsp3) is 0.708. The largest absolute Gasteiger partial charge is 0.481 e. The van der Waals surface area contributed by atoms with Gasteiger partial charge in [0.2, 0.25) is 23.6 Å². The molecule has 12 N–H and O–H groups in total. The van der Waals surface area contributed by atoms with Crippen LogP contribution in [-0.2, 0) is 28.8 Å². The molecule has 0 aliphatic rings. The summed E-state index contributed by atoms with van der Waals surface area (Å²) < 4.78 is 0. The molecule has 228 valence electrons. The average Bonchev–Trinajstić information content (AvgIpc) is 2.81. The predicted octanol–water partition coefficient (Wildman–Crippen LogP) is -2.41. The summed E-state index contributed by atoms with van der Waals surface area (Å²) in [4.78, 5) is 77.2. The van der Waals surface area contributed by atoms with Crippen LogP contribution in [0, 0.1) is 11.8 Å². The van der Waals surface area contributed by atoms with Gasteiger partial charge < -0.3 is 48.7 Å². The number of aliphatic carboxylic acids is 2. The zero-order chi connectivity index (χ0) is 31.0. The number of carbonyl (C=O) groups is 6. The minimum Gasteiger partial charge on any atom is -0.481 e. The Morgan fingerprint density at radius 2 is 1.32 bits per heavy atom. The standard InChI is InChI=1S/C24H44N8O8/c1-12(2)8-14(25)20(36)29-11-18(33)30-16(10-19(34)35)22(38)31-15(6-5-7-28-24(26)27)21(37)32-17(23(39)40)9-13(3)4/h12-17H,5-11,25H2,1-4H3,(H,29,36)(H,30,33)(H,31,38)(H,32,37)(H,34,35)(H,39,40)(H4,26,27,28)/t14-,15-,16-,17-/m0/s1. The first-order chi connectivity index (χ1) is 18.5. The van der Waals surface area contributed by atoms with Gasteiger partial charge in [0.25, 0.3) is 0 Å². The highest BCUT2D eigenvalue weighted by Gasteiger charge is 2.31. The maximum Gasteiger partial charge on any atom is 0.326 e. The van der Waals surface area contributed by atoms with Crippen molar-refractivity contribution >= 4 is 41.5 Å². The fourth-order valence-electron chi connectivity index (χ4n) is 3.55. The number of carboxylic acids is 2. The zero-order valence-electron chi connectivity index (χ0n) is 23.4. The molecule has 0 aliphatic heterocycles. The highest BCUT2D eigenvalue weighted by molar-refractivity contribution is 5.95. The van der Waals surface area contributed by atoms with Crippen LogP contribution in [0.5, 0.6) is 0 Å². The van der Waals surface area contributed by atoms with Gasteiger partial charge in [0.05, 0.1) is 19.0 Å². The summed E-state index contributed by atoms with van der Waals surface area (Å²) in [5, 5.41) is 28.0. The minimum atomic E-state index is -1.61. The summed E-state index contributed by atoms with van der Waals surface area (Å²) in [6, 6.07) is -4.98. The van der Waals surface area contributed by atoms with E-state index in [1.54, 1.807) is 13.8 Å². The van der Waals surface area contributed by atoms with Crippen LogP contribution in [0.25, 0.3) is 0 Å². The molecule has 0 spiro atoms. The molecule has 0 aliphatic carbocycles. The highest BCUT2D eigenvalue weighted by atomic mass is 16.4. The van der Waals surface area contributed by atoms with E-state index >= 15 is 0 Å². The molecule has 0 rings (SSSR count). The van der Waals surface area contributed by atoms with Crippen LogP contribution < -0.4 is 38.5 Å². The second kappa shape index (κ2) is 18.4. The third-order valence-electron chi connectivity index (χ3n) is 5.42. The van der Waals surface area contributed by atoms with Crippen molar-refractivity contribution in [1.29, 1.82) is 0 Å². The van der Waals surface area contributed by atoms with E-state index in [-0.39, 0.29) is 43.6 Å². The number of rotatable bonds is 19. The highest BCUT2D eigenvalue weighted by Crippen LogP contribution is 2.08. The Morgan fingerprint density at radius 3 is 1.82 bits per heavy atom. The van der Waals surface area contributed by atoms with Gasteiger partial charge in [0.15, 0.2) is 5.96 Å². The van der Waals surface area contributed by atoms with Crippen molar-refractivity contribution in [2.24, 2.45) is 34.0 Å². The van der Waals surface area contributed by atoms with Gasteiger partial charge in [-0.3, -0.25) is 29.0 Å². The number of nitrogens with one attached hydrogen (secondary N) is 4. The van der Waals surface area contributed by atoms with E-state index in [0.717, 1.165) is 0 Å². The quantitative estimate of drug-likeness (QED) is 0.0446. The number of hydrogen-bond donors (Lipinski definition) is 9. The molecule has 16 nitrogen and oxygen atoms in total. The number of nitrogens with zero attached hydrogens (tertiary/aromatic N) is 1. The van der Waals surface area contributed by atoms with Crippen molar-refractivity contribution in [2.45, 2.75) is 84.0 Å². The zero-order valence-corrected chi connectivity index (χ0v) is 23.4. The molecular weight excluding hydrogens is 528 g/mol. The van der Waals surface area contributed by atoms with E-state index in [0.29, 0.717) is 6.42 Å². The Morgan fingerprint density at radius 1 is 0.775 bits per heavy atom. The monoisotopic (exact) mass is 572 g/mol. The van der Waals surface area contributed by atoms with Crippen LogP contribution >= 0.6 is 0 Å². The average molecular weight is 573 g/mol. The van der Waals surface area contributed by atoms with Gasteiger partial charge in [-0.15, -0.1) is 0 Å². The number of carboxylic acid groups (broad SMARTS) is 2. The van der Waals surface area contributed by atoms with Crippen LogP contribution in [0.15, 0.2) is 4.99 Å². The third kappa shape index (κ3) is 16.1. The summed E-state index contributed by atoms with van der Waals surface area (Å²) in [7, 11) is 0. The summed E-state index contributed by atoms with van der Waals surface area (Å²) in [5.74, 6) is -6.06. The van der Waals surface area contributed by atoms with Crippen molar-refractivity contribution < 1.29 is 39.0 Å². The van der Waals surface area contributed by atoms with E-state index < -0.39 is 72.7 Å². The smallest absolute Gasteiger partial charge is 0.326 e. The summed E-state index contributed by atoms with van der Waals surface area (Å²) in [6.07, 6.45) is -0.146. The van der Waals surface area contributed by atoms with Crippen molar-refractivity contribution in [1.82, 2.24) is 21.3 Å². The molecule has 16 heteroatoms. The van der Waals surface area contributed by atoms with Gasteiger partial charge in [-0.05, 0) is 37.5 Å². The normalized spacial score (nSPS) is 13.9. The molecule has 0 heterocycles. The van der Waals surface area contributed by atoms with Crippen molar-refractivity contribution in [2.75, 3.05) is 13.1 Å². The number of carbonyl (C=O) groups excluding carboxylic acids is 4. The van der Waals surface area contributed by atoms with Crippen molar-refractivity contribution in [3.63, 3.8) is 0 Å². The van der Waals surface area contributed by atoms with E-state index in [1.807, 2.05) is 13.8 Å². The van der Waals surface area contributed by atoms with Gasteiger partial charge in [0, 0.05) is 6.54 Å². The molecular formula is C24H44N8O8. The van der Waals surface area contributed by atoms with Gasteiger partial charge >= 0.3 is 11.9 Å². The molecule has 0 radical (unpaired) electrons. The first kappa shape index (κ1) is 36.0. The molecule has 4 amide bonds. The molecule has 0 saturated carbocycles. The lowest BCUT2D eigenvalue weighted by molar-refractivity contribution is -0.143. The molecule has 0 aromatic rings. The van der Waals surface area contributed by atoms with Gasteiger partial charge in [0.1, 0.15) is 18.1 Å². The molecule has 0 bridgehead atoms.